The summed E-state index contributed by atoms with van der Waals surface area (Å²) in [6, 6.07) is 20.5. The molecule has 0 spiro atoms. The maximum absolute atomic E-state index is 4.34. The zero-order chi connectivity index (χ0) is 16.9. The molecule has 5 nitrogen and oxygen atoms in total. The van der Waals surface area contributed by atoms with Crippen molar-refractivity contribution in [1.82, 2.24) is 24.9 Å². The van der Waals surface area contributed by atoms with Gasteiger partial charge in [-0.25, -0.2) is 9.36 Å². The zero-order valence-corrected chi connectivity index (χ0v) is 13.8. The number of benzene rings is 2. The van der Waals surface area contributed by atoms with Gasteiger partial charge in [0.15, 0.2) is 0 Å². The van der Waals surface area contributed by atoms with Gasteiger partial charge in [-0.3, -0.25) is 0 Å². The van der Waals surface area contributed by atoms with E-state index in [1.807, 2.05) is 46.0 Å². The van der Waals surface area contributed by atoms with Crippen LogP contribution in [0.1, 0.15) is 11.1 Å². The molecule has 5 heteroatoms. The normalized spacial score (nSPS) is 10.9. The largest absolute Gasteiger partial charge is 0.308 e. The van der Waals surface area contributed by atoms with Crippen molar-refractivity contribution < 1.29 is 0 Å². The Morgan fingerprint density at radius 2 is 1.12 bits per heavy atom. The highest BCUT2D eigenvalue weighted by Crippen LogP contribution is 2.15. The fourth-order valence-electron chi connectivity index (χ4n) is 2.92. The molecule has 0 aliphatic carbocycles. The van der Waals surface area contributed by atoms with E-state index in [1.54, 1.807) is 12.4 Å². The summed E-state index contributed by atoms with van der Waals surface area (Å²) in [6.45, 7) is 1.53. The van der Waals surface area contributed by atoms with Crippen LogP contribution in [0.5, 0.6) is 0 Å². The standard InChI is InChI=1S/C20H19N5/c1-3-9-19(24-13-5-11-22-24)17(7-1)15-21-16-18-8-2-4-10-20(18)25-14-6-12-23-25/h1-14,21H,15-16H2. The Balaban J connectivity index is 1.50. The summed E-state index contributed by atoms with van der Waals surface area (Å²) in [7, 11) is 0. The minimum Gasteiger partial charge on any atom is -0.308 e. The van der Waals surface area contributed by atoms with Gasteiger partial charge in [0.1, 0.15) is 0 Å². The number of nitrogens with zero attached hydrogens (tertiary/aromatic N) is 4. The Kier molecular flexibility index (Phi) is 4.39. The molecule has 0 bridgehead atoms. The number of hydrogen-bond donors (Lipinski definition) is 1. The van der Waals surface area contributed by atoms with Crippen LogP contribution in [0, 0.1) is 0 Å². The van der Waals surface area contributed by atoms with Gasteiger partial charge in [0.2, 0.25) is 0 Å². The first-order chi connectivity index (χ1) is 12.4. The first-order valence-corrected chi connectivity index (χ1v) is 8.28. The van der Waals surface area contributed by atoms with E-state index < -0.39 is 0 Å². The monoisotopic (exact) mass is 329 g/mol. The molecule has 25 heavy (non-hydrogen) atoms. The van der Waals surface area contributed by atoms with Gasteiger partial charge in [0.05, 0.1) is 11.4 Å². The molecular weight excluding hydrogens is 310 g/mol. The molecule has 124 valence electrons. The Labute approximate surface area is 146 Å². The van der Waals surface area contributed by atoms with Crippen LogP contribution in [0.3, 0.4) is 0 Å². The molecule has 1 N–H and O–H groups in total. The van der Waals surface area contributed by atoms with E-state index in [0.717, 1.165) is 24.5 Å². The zero-order valence-electron chi connectivity index (χ0n) is 13.8. The molecule has 0 unspecified atom stereocenters. The Hall–Kier alpha value is -3.18. The summed E-state index contributed by atoms with van der Waals surface area (Å²) in [5.74, 6) is 0. The summed E-state index contributed by atoms with van der Waals surface area (Å²) < 4.78 is 3.80. The van der Waals surface area contributed by atoms with Crippen LogP contribution in [0.2, 0.25) is 0 Å². The molecule has 2 aromatic carbocycles. The maximum Gasteiger partial charge on any atom is 0.0690 e. The van der Waals surface area contributed by atoms with Crippen molar-refractivity contribution in [3.05, 3.63) is 96.6 Å². The van der Waals surface area contributed by atoms with E-state index in [-0.39, 0.29) is 0 Å². The van der Waals surface area contributed by atoms with Crippen LogP contribution in [-0.4, -0.2) is 19.6 Å². The van der Waals surface area contributed by atoms with E-state index in [0.29, 0.717) is 0 Å². The molecule has 0 saturated heterocycles. The highest BCUT2D eigenvalue weighted by Gasteiger charge is 2.06. The Morgan fingerprint density at radius 3 is 1.56 bits per heavy atom. The molecule has 4 aromatic rings. The molecule has 0 amide bonds. The predicted molar refractivity (Wildman–Crippen MR) is 97.7 cm³/mol. The summed E-state index contributed by atoms with van der Waals surface area (Å²) in [4.78, 5) is 0. The number of rotatable bonds is 6. The minimum atomic E-state index is 0.767. The van der Waals surface area contributed by atoms with Crippen molar-refractivity contribution in [2.75, 3.05) is 0 Å². The highest BCUT2D eigenvalue weighted by molar-refractivity contribution is 5.41. The topological polar surface area (TPSA) is 47.7 Å². The van der Waals surface area contributed by atoms with Crippen molar-refractivity contribution in [3.8, 4) is 11.4 Å². The second kappa shape index (κ2) is 7.15. The third-order valence-electron chi connectivity index (χ3n) is 4.12. The quantitative estimate of drug-likeness (QED) is 0.590. The summed E-state index contributed by atoms with van der Waals surface area (Å²) in [5.41, 5.74) is 4.62. The molecule has 0 saturated carbocycles. The lowest BCUT2D eigenvalue weighted by Crippen LogP contribution is -2.16. The number of hydrogen-bond acceptors (Lipinski definition) is 3. The van der Waals surface area contributed by atoms with Gasteiger partial charge in [-0.2, -0.15) is 10.2 Å². The molecule has 4 rings (SSSR count). The summed E-state index contributed by atoms with van der Waals surface area (Å²) in [6.07, 6.45) is 7.52. The van der Waals surface area contributed by atoms with Crippen LogP contribution in [0.25, 0.3) is 11.4 Å². The molecule has 2 aromatic heterocycles. The third-order valence-corrected chi connectivity index (χ3v) is 4.12. The average molecular weight is 329 g/mol. The minimum absolute atomic E-state index is 0.767. The average Bonchev–Trinajstić information content (AvgIpc) is 3.37. The SMILES string of the molecule is c1ccc(-n2cccn2)c(CNCc2ccccc2-n2cccn2)c1. The molecule has 2 heterocycles. The maximum atomic E-state index is 4.34. The van der Waals surface area contributed by atoms with Gasteiger partial charge in [-0.1, -0.05) is 36.4 Å². The van der Waals surface area contributed by atoms with Gasteiger partial charge in [0, 0.05) is 37.9 Å². The van der Waals surface area contributed by atoms with Gasteiger partial charge < -0.3 is 5.32 Å². The van der Waals surface area contributed by atoms with Crippen molar-refractivity contribution in [3.63, 3.8) is 0 Å². The number of nitrogens with one attached hydrogen (secondary N) is 1. The highest BCUT2D eigenvalue weighted by atomic mass is 15.3. The Bertz CT molecular complexity index is 849. The van der Waals surface area contributed by atoms with E-state index in [4.69, 9.17) is 0 Å². The fourth-order valence-corrected chi connectivity index (χ4v) is 2.92. The second-order valence-corrected chi connectivity index (χ2v) is 5.76. The van der Waals surface area contributed by atoms with Gasteiger partial charge >= 0.3 is 0 Å². The molecule has 0 aliphatic rings. The molecular formula is C20H19N5. The van der Waals surface area contributed by atoms with Crippen molar-refractivity contribution in [2.45, 2.75) is 13.1 Å². The van der Waals surface area contributed by atoms with Crippen molar-refractivity contribution in [1.29, 1.82) is 0 Å². The first kappa shape index (κ1) is 15.4. The van der Waals surface area contributed by atoms with E-state index in [9.17, 15) is 0 Å². The Morgan fingerprint density at radius 1 is 0.640 bits per heavy atom. The first-order valence-electron chi connectivity index (χ1n) is 8.28. The van der Waals surface area contributed by atoms with Crippen LogP contribution in [0.4, 0.5) is 0 Å². The summed E-state index contributed by atoms with van der Waals surface area (Å²) in [5, 5.41) is 12.2. The van der Waals surface area contributed by atoms with Gasteiger partial charge in [0.25, 0.3) is 0 Å². The molecule has 0 radical (unpaired) electrons. The van der Waals surface area contributed by atoms with Crippen LogP contribution >= 0.6 is 0 Å². The lowest BCUT2D eigenvalue weighted by atomic mass is 10.1. The number of para-hydroxylation sites is 2. The van der Waals surface area contributed by atoms with Crippen LogP contribution < -0.4 is 5.32 Å². The molecule has 0 fully saturated rings. The van der Waals surface area contributed by atoms with Crippen LogP contribution in [0.15, 0.2) is 85.5 Å². The van der Waals surface area contributed by atoms with E-state index in [2.05, 4.69) is 51.9 Å². The predicted octanol–water partition coefficient (Wildman–Crippen LogP) is 3.35. The molecule has 0 aliphatic heterocycles. The second-order valence-electron chi connectivity index (χ2n) is 5.76. The van der Waals surface area contributed by atoms with E-state index in [1.165, 1.54) is 11.1 Å². The van der Waals surface area contributed by atoms with Crippen molar-refractivity contribution >= 4 is 0 Å². The summed E-state index contributed by atoms with van der Waals surface area (Å²) >= 11 is 0. The van der Waals surface area contributed by atoms with Gasteiger partial charge in [-0.15, -0.1) is 0 Å². The van der Waals surface area contributed by atoms with Gasteiger partial charge in [-0.05, 0) is 35.4 Å². The molecule has 0 atom stereocenters. The van der Waals surface area contributed by atoms with Crippen LogP contribution in [-0.2, 0) is 13.1 Å². The number of aromatic nitrogens is 4. The third kappa shape index (κ3) is 3.36. The lowest BCUT2D eigenvalue weighted by molar-refractivity contribution is 0.680. The van der Waals surface area contributed by atoms with Crippen molar-refractivity contribution in [2.24, 2.45) is 0 Å². The fraction of sp³-hybridized carbons (Fsp3) is 0.100. The lowest BCUT2D eigenvalue weighted by Gasteiger charge is -2.13. The smallest absolute Gasteiger partial charge is 0.0690 e. The van der Waals surface area contributed by atoms with E-state index >= 15 is 0 Å².